The molecule has 1 aromatic heterocycles. The van der Waals surface area contributed by atoms with Gasteiger partial charge in [0.1, 0.15) is 12.2 Å². The summed E-state index contributed by atoms with van der Waals surface area (Å²) in [6, 6.07) is 0. The van der Waals surface area contributed by atoms with Crippen molar-refractivity contribution in [3.63, 3.8) is 0 Å². The molecular weight excluding hydrogens is 194 g/mol. The molecule has 1 aliphatic rings. The first kappa shape index (κ1) is 9.89. The minimum Gasteiger partial charge on any atom is -0.481 e. The second-order valence-corrected chi connectivity index (χ2v) is 3.67. The fraction of sp³-hybridized carbons (Fsp3) is 0.500. The van der Waals surface area contributed by atoms with E-state index in [1.165, 1.54) is 0 Å². The number of aliphatic carboxylic acids is 1. The molecule has 80 valence electrons. The molecule has 1 heterocycles. The van der Waals surface area contributed by atoms with Crippen LogP contribution in [0.2, 0.25) is 0 Å². The van der Waals surface area contributed by atoms with Crippen molar-refractivity contribution in [1.29, 1.82) is 0 Å². The van der Waals surface area contributed by atoms with Gasteiger partial charge in [-0.05, 0) is 12.8 Å². The molecule has 1 aromatic rings. The van der Waals surface area contributed by atoms with Crippen LogP contribution in [0.5, 0.6) is 0 Å². The third-order valence-corrected chi connectivity index (χ3v) is 2.59. The van der Waals surface area contributed by atoms with E-state index in [4.69, 9.17) is 5.11 Å². The van der Waals surface area contributed by atoms with Crippen molar-refractivity contribution in [1.82, 2.24) is 14.8 Å². The molecule has 1 N–H and O–H groups in total. The third-order valence-electron chi connectivity index (χ3n) is 2.59. The quantitative estimate of drug-likeness (QED) is 0.753. The highest BCUT2D eigenvalue weighted by atomic mass is 16.4. The number of allylic oxidation sites excluding steroid dienone is 2. The van der Waals surface area contributed by atoms with Gasteiger partial charge in [0.25, 0.3) is 0 Å². The van der Waals surface area contributed by atoms with E-state index in [0.29, 0.717) is 12.5 Å². The maximum Gasteiger partial charge on any atom is 0.305 e. The number of aromatic nitrogens is 3. The van der Waals surface area contributed by atoms with Crippen LogP contribution in [-0.2, 0) is 11.3 Å². The molecule has 15 heavy (non-hydrogen) atoms. The standard InChI is InChI=1S/C10H13N3O2/c14-9(15)5-6-13-7-11-12-10(13)8-3-1-2-4-8/h1-2,7-8H,3-6H2,(H,14,15). The lowest BCUT2D eigenvalue weighted by molar-refractivity contribution is -0.137. The molecule has 0 spiro atoms. The predicted molar refractivity (Wildman–Crippen MR) is 53.4 cm³/mol. The molecule has 0 amide bonds. The van der Waals surface area contributed by atoms with Crippen LogP contribution in [0.4, 0.5) is 0 Å². The smallest absolute Gasteiger partial charge is 0.305 e. The summed E-state index contributed by atoms with van der Waals surface area (Å²) in [6.45, 7) is 0.453. The fourth-order valence-corrected chi connectivity index (χ4v) is 1.80. The average molecular weight is 207 g/mol. The summed E-state index contributed by atoms with van der Waals surface area (Å²) in [6.07, 6.45) is 7.93. The lowest BCUT2D eigenvalue weighted by Gasteiger charge is -2.10. The molecule has 0 aromatic carbocycles. The molecule has 2 rings (SSSR count). The molecule has 5 heteroatoms. The van der Waals surface area contributed by atoms with E-state index in [9.17, 15) is 4.79 Å². The van der Waals surface area contributed by atoms with Gasteiger partial charge >= 0.3 is 5.97 Å². The van der Waals surface area contributed by atoms with Crippen LogP contribution < -0.4 is 0 Å². The molecule has 0 aliphatic heterocycles. The molecule has 1 aliphatic carbocycles. The van der Waals surface area contributed by atoms with Gasteiger partial charge in [0, 0.05) is 12.5 Å². The molecular formula is C10H13N3O2. The molecule has 0 unspecified atom stereocenters. The summed E-state index contributed by atoms with van der Waals surface area (Å²) in [4.78, 5) is 10.5. The molecule has 5 nitrogen and oxygen atoms in total. The van der Waals surface area contributed by atoms with E-state index in [1.807, 2.05) is 4.57 Å². The Morgan fingerprint density at radius 2 is 2.27 bits per heavy atom. The Labute approximate surface area is 87.4 Å². The third kappa shape index (κ3) is 2.23. The zero-order valence-electron chi connectivity index (χ0n) is 8.33. The number of rotatable bonds is 4. The lowest BCUT2D eigenvalue weighted by Crippen LogP contribution is -2.09. The number of aryl methyl sites for hydroxylation is 1. The second-order valence-electron chi connectivity index (χ2n) is 3.67. The lowest BCUT2D eigenvalue weighted by atomic mass is 10.1. The SMILES string of the molecule is O=C(O)CCn1cnnc1C1CC=CC1. The summed E-state index contributed by atoms with van der Waals surface area (Å²) >= 11 is 0. The molecule has 0 saturated heterocycles. The van der Waals surface area contributed by atoms with Gasteiger partial charge in [-0.3, -0.25) is 4.79 Å². The van der Waals surface area contributed by atoms with Crippen molar-refractivity contribution < 1.29 is 9.90 Å². The van der Waals surface area contributed by atoms with Crippen LogP contribution >= 0.6 is 0 Å². The van der Waals surface area contributed by atoms with E-state index < -0.39 is 5.97 Å². The Balaban J connectivity index is 2.04. The monoisotopic (exact) mass is 207 g/mol. The average Bonchev–Trinajstić information content (AvgIpc) is 2.85. The van der Waals surface area contributed by atoms with Crippen LogP contribution in [-0.4, -0.2) is 25.8 Å². The minimum atomic E-state index is -0.792. The highest BCUT2D eigenvalue weighted by Gasteiger charge is 2.18. The Bertz CT molecular complexity index is 376. The fourth-order valence-electron chi connectivity index (χ4n) is 1.80. The Morgan fingerprint density at radius 3 is 2.93 bits per heavy atom. The largest absolute Gasteiger partial charge is 0.481 e. The number of nitrogens with zero attached hydrogens (tertiary/aromatic N) is 3. The molecule has 0 fully saturated rings. The minimum absolute atomic E-state index is 0.116. The van der Waals surface area contributed by atoms with E-state index in [-0.39, 0.29) is 6.42 Å². The van der Waals surface area contributed by atoms with Gasteiger partial charge in [0.05, 0.1) is 6.42 Å². The maximum atomic E-state index is 10.5. The number of hydrogen-bond acceptors (Lipinski definition) is 3. The zero-order chi connectivity index (χ0) is 10.7. The Morgan fingerprint density at radius 1 is 1.53 bits per heavy atom. The van der Waals surface area contributed by atoms with E-state index in [1.54, 1.807) is 6.33 Å². The van der Waals surface area contributed by atoms with Crippen LogP contribution in [0.3, 0.4) is 0 Å². The van der Waals surface area contributed by atoms with Gasteiger partial charge in [0.2, 0.25) is 0 Å². The Kier molecular flexibility index (Phi) is 2.80. The molecule has 0 saturated carbocycles. The Hall–Kier alpha value is -1.65. The maximum absolute atomic E-state index is 10.5. The molecule has 0 radical (unpaired) electrons. The normalized spacial score (nSPS) is 16.0. The highest BCUT2D eigenvalue weighted by molar-refractivity contribution is 5.66. The van der Waals surface area contributed by atoms with Gasteiger partial charge < -0.3 is 9.67 Å². The topological polar surface area (TPSA) is 68.0 Å². The van der Waals surface area contributed by atoms with Crippen LogP contribution in [0.1, 0.15) is 31.0 Å². The zero-order valence-corrected chi connectivity index (χ0v) is 8.33. The van der Waals surface area contributed by atoms with E-state index in [0.717, 1.165) is 18.7 Å². The van der Waals surface area contributed by atoms with Crippen molar-refractivity contribution in [3.8, 4) is 0 Å². The summed E-state index contributed by atoms with van der Waals surface area (Å²) < 4.78 is 1.84. The number of carboxylic acids is 1. The summed E-state index contributed by atoms with van der Waals surface area (Å²) in [7, 11) is 0. The van der Waals surface area contributed by atoms with Crippen LogP contribution in [0.25, 0.3) is 0 Å². The highest BCUT2D eigenvalue weighted by Crippen LogP contribution is 2.27. The van der Waals surface area contributed by atoms with E-state index >= 15 is 0 Å². The predicted octanol–water partition coefficient (Wildman–Crippen LogP) is 1.19. The second kappa shape index (κ2) is 4.25. The molecule has 0 bridgehead atoms. The van der Waals surface area contributed by atoms with Crippen LogP contribution in [0, 0.1) is 0 Å². The van der Waals surface area contributed by atoms with Crippen LogP contribution in [0.15, 0.2) is 18.5 Å². The first-order chi connectivity index (χ1) is 7.27. The van der Waals surface area contributed by atoms with Crippen molar-refractivity contribution in [2.24, 2.45) is 0 Å². The van der Waals surface area contributed by atoms with E-state index in [2.05, 4.69) is 22.3 Å². The number of hydrogen-bond donors (Lipinski definition) is 1. The summed E-state index contributed by atoms with van der Waals surface area (Å²) in [5, 5.41) is 16.5. The van der Waals surface area contributed by atoms with Gasteiger partial charge in [-0.1, -0.05) is 12.2 Å². The van der Waals surface area contributed by atoms with Crippen molar-refractivity contribution in [3.05, 3.63) is 24.3 Å². The first-order valence-electron chi connectivity index (χ1n) is 5.02. The summed E-state index contributed by atoms with van der Waals surface area (Å²) in [5.74, 6) is 0.488. The van der Waals surface area contributed by atoms with Crippen molar-refractivity contribution >= 4 is 5.97 Å². The van der Waals surface area contributed by atoms with Gasteiger partial charge in [-0.15, -0.1) is 10.2 Å². The number of carbonyl (C=O) groups is 1. The van der Waals surface area contributed by atoms with Crippen molar-refractivity contribution in [2.45, 2.75) is 31.7 Å². The number of carboxylic acid groups (broad SMARTS) is 1. The molecule has 0 atom stereocenters. The van der Waals surface area contributed by atoms with Gasteiger partial charge in [-0.25, -0.2) is 0 Å². The van der Waals surface area contributed by atoms with Gasteiger partial charge in [-0.2, -0.15) is 0 Å². The van der Waals surface area contributed by atoms with Gasteiger partial charge in [0.15, 0.2) is 0 Å². The van der Waals surface area contributed by atoms with Crippen molar-refractivity contribution in [2.75, 3.05) is 0 Å². The summed E-state index contributed by atoms with van der Waals surface area (Å²) in [5.41, 5.74) is 0. The first-order valence-corrected chi connectivity index (χ1v) is 5.02.